The first-order valence-electron chi connectivity index (χ1n) is 9.31. The molecule has 146 valence electrons. The molecule has 1 rings (SSSR count). The maximum atomic E-state index is 8.89. The van der Waals surface area contributed by atoms with Crippen molar-refractivity contribution in [1.82, 2.24) is 10.3 Å². The zero-order valence-corrected chi connectivity index (χ0v) is 16.9. The molecule has 0 saturated heterocycles. The van der Waals surface area contributed by atoms with Gasteiger partial charge >= 0.3 is 0 Å². The van der Waals surface area contributed by atoms with Gasteiger partial charge in [-0.15, -0.1) is 6.58 Å². The first-order chi connectivity index (χ1) is 13.0. The van der Waals surface area contributed by atoms with E-state index in [4.69, 9.17) is 5.26 Å². The van der Waals surface area contributed by atoms with E-state index in [0.29, 0.717) is 13.0 Å². The Hall–Kier alpha value is -2.65. The van der Waals surface area contributed by atoms with Crippen molar-refractivity contribution in [3.8, 4) is 6.07 Å². The Morgan fingerprint density at radius 3 is 2.89 bits per heavy atom. The van der Waals surface area contributed by atoms with Gasteiger partial charge in [0, 0.05) is 31.9 Å². The third-order valence-electron chi connectivity index (χ3n) is 4.23. The maximum absolute atomic E-state index is 8.89. The molecular formula is C21H32N6. The van der Waals surface area contributed by atoms with Crippen molar-refractivity contribution in [3.05, 3.63) is 54.1 Å². The van der Waals surface area contributed by atoms with E-state index >= 15 is 0 Å². The molecule has 0 saturated carbocycles. The average Bonchev–Trinajstić information content (AvgIpc) is 2.67. The summed E-state index contributed by atoms with van der Waals surface area (Å²) in [7, 11) is 1.93. The van der Waals surface area contributed by atoms with Gasteiger partial charge in [0.05, 0.1) is 12.5 Å². The minimum atomic E-state index is -0.0421. The average molecular weight is 369 g/mol. The Labute approximate surface area is 163 Å². The van der Waals surface area contributed by atoms with Crippen LogP contribution in [0.1, 0.15) is 32.8 Å². The largest absolute Gasteiger partial charge is 0.379 e. The van der Waals surface area contributed by atoms with Crippen molar-refractivity contribution in [3.63, 3.8) is 0 Å². The number of allylic oxidation sites excluding steroid dienone is 1. The van der Waals surface area contributed by atoms with Gasteiger partial charge in [0.1, 0.15) is 6.17 Å². The van der Waals surface area contributed by atoms with E-state index < -0.39 is 0 Å². The molecular weight excluding hydrogens is 336 g/mol. The summed E-state index contributed by atoms with van der Waals surface area (Å²) < 4.78 is 0. The predicted octanol–water partition coefficient (Wildman–Crippen LogP) is 4.31. The smallest absolute Gasteiger partial charge is 0.120 e. The van der Waals surface area contributed by atoms with E-state index in [1.165, 1.54) is 5.57 Å². The summed E-state index contributed by atoms with van der Waals surface area (Å²) in [6.07, 6.45) is 5.20. The van der Waals surface area contributed by atoms with Gasteiger partial charge in [0.25, 0.3) is 0 Å². The van der Waals surface area contributed by atoms with E-state index in [9.17, 15) is 0 Å². The molecule has 0 amide bonds. The van der Waals surface area contributed by atoms with Crippen molar-refractivity contribution in [2.24, 2.45) is 10.3 Å². The molecule has 0 aromatic heterocycles. The van der Waals surface area contributed by atoms with Crippen LogP contribution in [0.5, 0.6) is 0 Å². The van der Waals surface area contributed by atoms with Crippen LogP contribution in [0.15, 0.2) is 58.9 Å². The second-order valence-electron chi connectivity index (χ2n) is 6.51. The second kappa shape index (κ2) is 12.7. The zero-order valence-electron chi connectivity index (χ0n) is 16.9. The fourth-order valence-electron chi connectivity index (χ4n) is 2.50. The van der Waals surface area contributed by atoms with Crippen LogP contribution in [0, 0.1) is 11.3 Å². The fraction of sp³-hybridized carbons (Fsp3) is 0.476. The lowest BCUT2D eigenvalue weighted by atomic mass is 10.0. The van der Waals surface area contributed by atoms with Gasteiger partial charge in [-0.25, -0.2) is 0 Å². The Kier molecular flexibility index (Phi) is 10.5. The number of benzene rings is 1. The first-order valence-corrected chi connectivity index (χ1v) is 9.31. The lowest BCUT2D eigenvalue weighted by Gasteiger charge is -2.23. The predicted molar refractivity (Wildman–Crippen MR) is 112 cm³/mol. The summed E-state index contributed by atoms with van der Waals surface area (Å²) in [4.78, 5) is 0. The van der Waals surface area contributed by atoms with Crippen LogP contribution in [0.3, 0.4) is 0 Å². The molecule has 6 heteroatoms. The molecule has 0 heterocycles. The first kappa shape index (κ1) is 22.4. The molecule has 27 heavy (non-hydrogen) atoms. The highest BCUT2D eigenvalue weighted by atomic mass is 15.5. The molecule has 2 N–H and O–H groups in total. The Morgan fingerprint density at radius 2 is 2.22 bits per heavy atom. The molecule has 2 unspecified atom stereocenters. The minimum absolute atomic E-state index is 0.0421. The van der Waals surface area contributed by atoms with E-state index in [0.717, 1.165) is 24.2 Å². The second-order valence-corrected chi connectivity index (χ2v) is 6.51. The van der Waals surface area contributed by atoms with Crippen LogP contribution >= 0.6 is 0 Å². The molecule has 2 atom stereocenters. The number of anilines is 1. The summed E-state index contributed by atoms with van der Waals surface area (Å²) in [5, 5.41) is 26.0. The molecule has 1 aromatic carbocycles. The monoisotopic (exact) mass is 368 g/mol. The summed E-state index contributed by atoms with van der Waals surface area (Å²) in [6.45, 7) is 11.3. The number of nitrogens with zero attached hydrogens (tertiary/aromatic N) is 4. The van der Waals surface area contributed by atoms with Crippen LogP contribution < -0.4 is 10.6 Å². The van der Waals surface area contributed by atoms with Crippen molar-refractivity contribution >= 4 is 5.69 Å². The lowest BCUT2D eigenvalue weighted by molar-refractivity contribution is 0.307. The quantitative estimate of drug-likeness (QED) is 0.327. The number of nitrogens with one attached hydrogen (secondary N) is 2. The molecule has 0 radical (unpaired) electrons. The molecule has 0 aliphatic carbocycles. The summed E-state index contributed by atoms with van der Waals surface area (Å²) >= 11 is 0. The number of nitriles is 1. The minimum Gasteiger partial charge on any atom is -0.379 e. The molecule has 0 aliphatic heterocycles. The Bertz CT molecular complexity index is 673. The fourth-order valence-corrected chi connectivity index (χ4v) is 2.50. The van der Waals surface area contributed by atoms with Gasteiger partial charge in [-0.3, -0.25) is 10.3 Å². The maximum Gasteiger partial charge on any atom is 0.120 e. The van der Waals surface area contributed by atoms with Crippen molar-refractivity contribution in [2.75, 3.05) is 25.5 Å². The van der Waals surface area contributed by atoms with E-state index in [1.807, 2.05) is 50.2 Å². The van der Waals surface area contributed by atoms with Crippen molar-refractivity contribution in [2.45, 2.75) is 45.8 Å². The molecule has 6 nitrogen and oxygen atoms in total. The van der Waals surface area contributed by atoms with Gasteiger partial charge in [0.2, 0.25) is 0 Å². The molecule has 0 spiro atoms. The van der Waals surface area contributed by atoms with Crippen molar-refractivity contribution < 1.29 is 0 Å². The molecule has 1 aromatic rings. The van der Waals surface area contributed by atoms with Crippen LogP contribution in [-0.4, -0.2) is 37.4 Å². The Balaban J connectivity index is 2.65. The van der Waals surface area contributed by atoms with Gasteiger partial charge in [-0.2, -0.15) is 10.4 Å². The van der Waals surface area contributed by atoms with Crippen LogP contribution in [0.25, 0.3) is 0 Å². The molecule has 0 fully saturated rings. The van der Waals surface area contributed by atoms with E-state index in [2.05, 4.69) is 46.6 Å². The van der Waals surface area contributed by atoms with E-state index in [1.54, 1.807) is 6.08 Å². The standard InChI is InChI=1S/C21H32N6/c1-6-14-23-18(4)25-26-27(5)15-12-21(17(3)7-2)24-20-10-8-9-19(16-20)11-13-22/h6-10,16,18,21,23-24H,1,11-12,14-15H2,2-5H3/b17-7+,26-25?. The SMILES string of the molecule is C=CCNC(C)N=NN(C)CCC(Nc1cccc(CC#N)c1)/C(C)=C/C. The zero-order chi connectivity index (χ0) is 20.1. The van der Waals surface area contributed by atoms with Crippen molar-refractivity contribution in [1.29, 1.82) is 5.26 Å². The van der Waals surface area contributed by atoms with Crippen LogP contribution in [0.2, 0.25) is 0 Å². The third-order valence-corrected chi connectivity index (χ3v) is 4.23. The lowest BCUT2D eigenvalue weighted by Crippen LogP contribution is -2.27. The summed E-state index contributed by atoms with van der Waals surface area (Å²) in [6, 6.07) is 10.4. The highest BCUT2D eigenvalue weighted by Crippen LogP contribution is 2.17. The highest BCUT2D eigenvalue weighted by Gasteiger charge is 2.12. The van der Waals surface area contributed by atoms with Gasteiger partial charge in [0.15, 0.2) is 0 Å². The summed E-state index contributed by atoms with van der Waals surface area (Å²) in [5.41, 5.74) is 3.32. The number of hydrogen-bond acceptors (Lipinski definition) is 5. The topological polar surface area (TPSA) is 75.8 Å². The number of hydrogen-bond donors (Lipinski definition) is 2. The third kappa shape index (κ3) is 9.02. The summed E-state index contributed by atoms with van der Waals surface area (Å²) in [5.74, 6) is 0. The Morgan fingerprint density at radius 1 is 1.44 bits per heavy atom. The van der Waals surface area contributed by atoms with E-state index in [-0.39, 0.29) is 12.2 Å². The van der Waals surface area contributed by atoms with Gasteiger partial charge < -0.3 is 5.32 Å². The normalized spacial score (nSPS) is 13.8. The van der Waals surface area contributed by atoms with Gasteiger partial charge in [-0.1, -0.05) is 35.1 Å². The number of rotatable bonds is 12. The highest BCUT2D eigenvalue weighted by molar-refractivity contribution is 5.48. The molecule has 0 bridgehead atoms. The van der Waals surface area contributed by atoms with Gasteiger partial charge in [-0.05, 0) is 44.9 Å². The van der Waals surface area contributed by atoms with Crippen LogP contribution in [-0.2, 0) is 6.42 Å². The van der Waals surface area contributed by atoms with Crippen LogP contribution in [0.4, 0.5) is 5.69 Å². The molecule has 0 aliphatic rings.